The molecule has 0 aliphatic carbocycles. The molecule has 1 atom stereocenters. The van der Waals surface area contributed by atoms with Crippen LogP contribution in [0.15, 0.2) is 18.2 Å². The van der Waals surface area contributed by atoms with Gasteiger partial charge >= 0.3 is 5.97 Å². The Kier molecular flexibility index (Phi) is 5.22. The molecule has 0 saturated heterocycles. The SMILES string of the molecule is CC(C)CC(NCc1ccc(F)c(F)c1)C(=O)O. The standard InChI is InChI=1S/C13H17F2NO2/c1-8(2)5-12(13(17)18)16-7-9-3-4-10(14)11(15)6-9/h3-4,6,8,12,16H,5,7H2,1-2H3,(H,17,18). The Hall–Kier alpha value is -1.49. The Morgan fingerprint density at radius 1 is 1.33 bits per heavy atom. The van der Waals surface area contributed by atoms with Gasteiger partial charge < -0.3 is 10.4 Å². The molecule has 0 aliphatic rings. The summed E-state index contributed by atoms with van der Waals surface area (Å²) in [5.41, 5.74) is 0.518. The number of halogens is 2. The molecule has 0 spiro atoms. The number of hydrogen-bond donors (Lipinski definition) is 2. The minimum Gasteiger partial charge on any atom is -0.480 e. The molecular formula is C13H17F2NO2. The van der Waals surface area contributed by atoms with E-state index in [0.717, 1.165) is 12.1 Å². The van der Waals surface area contributed by atoms with Crippen molar-refractivity contribution in [1.29, 1.82) is 0 Å². The molecule has 2 N–H and O–H groups in total. The van der Waals surface area contributed by atoms with Crippen LogP contribution in [0.5, 0.6) is 0 Å². The lowest BCUT2D eigenvalue weighted by Crippen LogP contribution is -2.37. The van der Waals surface area contributed by atoms with Crippen molar-refractivity contribution in [3.05, 3.63) is 35.4 Å². The minimum atomic E-state index is -0.939. The molecule has 0 heterocycles. The molecule has 1 aromatic carbocycles. The number of nitrogens with one attached hydrogen (secondary N) is 1. The van der Waals surface area contributed by atoms with Crippen molar-refractivity contribution in [2.24, 2.45) is 5.92 Å². The summed E-state index contributed by atoms with van der Waals surface area (Å²) in [6.45, 7) is 4.05. The van der Waals surface area contributed by atoms with Crippen LogP contribution in [0.3, 0.4) is 0 Å². The quantitative estimate of drug-likeness (QED) is 0.823. The zero-order valence-electron chi connectivity index (χ0n) is 10.4. The number of carboxylic acid groups (broad SMARTS) is 1. The second-order valence-corrected chi connectivity index (χ2v) is 4.65. The summed E-state index contributed by atoms with van der Waals surface area (Å²) < 4.78 is 25.7. The van der Waals surface area contributed by atoms with E-state index >= 15 is 0 Å². The lowest BCUT2D eigenvalue weighted by atomic mass is 10.0. The van der Waals surface area contributed by atoms with Crippen LogP contribution in [0.1, 0.15) is 25.8 Å². The van der Waals surface area contributed by atoms with Crippen molar-refractivity contribution < 1.29 is 18.7 Å². The van der Waals surface area contributed by atoms with Crippen LogP contribution in [0, 0.1) is 17.6 Å². The van der Waals surface area contributed by atoms with Crippen LogP contribution in [0.4, 0.5) is 8.78 Å². The highest BCUT2D eigenvalue weighted by atomic mass is 19.2. The molecule has 0 fully saturated rings. The fourth-order valence-corrected chi connectivity index (χ4v) is 1.63. The van der Waals surface area contributed by atoms with Crippen LogP contribution < -0.4 is 5.32 Å². The minimum absolute atomic E-state index is 0.195. The van der Waals surface area contributed by atoms with Crippen molar-refractivity contribution >= 4 is 5.97 Å². The van der Waals surface area contributed by atoms with E-state index < -0.39 is 23.6 Å². The smallest absolute Gasteiger partial charge is 0.320 e. The van der Waals surface area contributed by atoms with Crippen molar-refractivity contribution in [2.75, 3.05) is 0 Å². The maximum Gasteiger partial charge on any atom is 0.320 e. The molecule has 1 unspecified atom stereocenters. The molecule has 1 rings (SSSR count). The van der Waals surface area contributed by atoms with Gasteiger partial charge in [-0.1, -0.05) is 19.9 Å². The monoisotopic (exact) mass is 257 g/mol. The second-order valence-electron chi connectivity index (χ2n) is 4.65. The van der Waals surface area contributed by atoms with Gasteiger partial charge in [0.1, 0.15) is 6.04 Å². The molecule has 0 amide bonds. The number of carbonyl (C=O) groups is 1. The highest BCUT2D eigenvalue weighted by Crippen LogP contribution is 2.10. The lowest BCUT2D eigenvalue weighted by Gasteiger charge is -2.16. The summed E-state index contributed by atoms with van der Waals surface area (Å²) in [7, 11) is 0. The zero-order valence-corrected chi connectivity index (χ0v) is 10.4. The van der Waals surface area contributed by atoms with Gasteiger partial charge in [-0.3, -0.25) is 4.79 Å². The Balaban J connectivity index is 2.61. The molecule has 1 aromatic rings. The largest absolute Gasteiger partial charge is 0.480 e. The third-order valence-corrected chi connectivity index (χ3v) is 2.54. The van der Waals surface area contributed by atoms with Crippen LogP contribution in [-0.4, -0.2) is 17.1 Å². The van der Waals surface area contributed by atoms with E-state index in [0.29, 0.717) is 12.0 Å². The summed E-state index contributed by atoms with van der Waals surface area (Å²) in [4.78, 5) is 11.0. The molecule has 0 bridgehead atoms. The third-order valence-electron chi connectivity index (χ3n) is 2.54. The normalized spacial score (nSPS) is 12.7. The van der Waals surface area contributed by atoms with E-state index in [1.165, 1.54) is 6.07 Å². The van der Waals surface area contributed by atoms with E-state index in [-0.39, 0.29) is 12.5 Å². The molecule has 5 heteroatoms. The first-order valence-corrected chi connectivity index (χ1v) is 5.80. The van der Waals surface area contributed by atoms with Crippen LogP contribution in [0.2, 0.25) is 0 Å². The van der Waals surface area contributed by atoms with Crippen LogP contribution in [-0.2, 0) is 11.3 Å². The summed E-state index contributed by atoms with van der Waals surface area (Å²) in [6, 6.07) is 2.85. The first-order valence-electron chi connectivity index (χ1n) is 5.80. The summed E-state index contributed by atoms with van der Waals surface area (Å²) in [5, 5.41) is 11.8. The van der Waals surface area contributed by atoms with Gasteiger partial charge in [0.25, 0.3) is 0 Å². The van der Waals surface area contributed by atoms with E-state index in [4.69, 9.17) is 5.11 Å². The number of aliphatic carboxylic acids is 1. The Bertz CT molecular complexity index is 421. The van der Waals surface area contributed by atoms with Gasteiger partial charge in [0, 0.05) is 6.54 Å². The molecule has 100 valence electrons. The Morgan fingerprint density at radius 2 is 2.00 bits per heavy atom. The van der Waals surface area contributed by atoms with Gasteiger partial charge in [0.15, 0.2) is 11.6 Å². The molecule has 0 aromatic heterocycles. The Morgan fingerprint density at radius 3 is 2.50 bits per heavy atom. The highest BCUT2D eigenvalue weighted by molar-refractivity contribution is 5.73. The van der Waals surface area contributed by atoms with Crippen molar-refractivity contribution in [3.63, 3.8) is 0 Å². The topological polar surface area (TPSA) is 49.3 Å². The van der Waals surface area contributed by atoms with Crippen LogP contribution in [0.25, 0.3) is 0 Å². The average molecular weight is 257 g/mol. The predicted molar refractivity (Wildman–Crippen MR) is 64.1 cm³/mol. The third kappa shape index (κ3) is 4.41. The van der Waals surface area contributed by atoms with Crippen LogP contribution >= 0.6 is 0 Å². The zero-order chi connectivity index (χ0) is 13.7. The maximum atomic E-state index is 13.0. The molecular weight excluding hydrogens is 240 g/mol. The molecule has 0 saturated carbocycles. The number of hydrogen-bond acceptors (Lipinski definition) is 2. The maximum absolute atomic E-state index is 13.0. The molecule has 18 heavy (non-hydrogen) atoms. The van der Waals surface area contributed by atoms with E-state index in [2.05, 4.69) is 5.32 Å². The highest BCUT2D eigenvalue weighted by Gasteiger charge is 2.18. The second kappa shape index (κ2) is 6.44. The van der Waals surface area contributed by atoms with E-state index in [9.17, 15) is 13.6 Å². The first-order chi connectivity index (χ1) is 8.40. The van der Waals surface area contributed by atoms with Crippen molar-refractivity contribution in [3.8, 4) is 0 Å². The Labute approximate surface area is 105 Å². The van der Waals surface area contributed by atoms with Crippen molar-refractivity contribution in [2.45, 2.75) is 32.9 Å². The van der Waals surface area contributed by atoms with E-state index in [1.54, 1.807) is 0 Å². The summed E-state index contributed by atoms with van der Waals surface area (Å²) in [6.07, 6.45) is 0.485. The van der Waals surface area contributed by atoms with E-state index in [1.807, 2.05) is 13.8 Å². The van der Waals surface area contributed by atoms with Gasteiger partial charge in [-0.05, 0) is 30.0 Å². The van der Waals surface area contributed by atoms with Gasteiger partial charge in [0.2, 0.25) is 0 Å². The summed E-state index contributed by atoms with van der Waals surface area (Å²) in [5.74, 6) is -2.53. The number of rotatable bonds is 6. The lowest BCUT2D eigenvalue weighted by molar-refractivity contribution is -0.140. The van der Waals surface area contributed by atoms with Gasteiger partial charge in [-0.15, -0.1) is 0 Å². The number of benzene rings is 1. The molecule has 0 radical (unpaired) electrons. The summed E-state index contributed by atoms with van der Waals surface area (Å²) >= 11 is 0. The fraction of sp³-hybridized carbons (Fsp3) is 0.462. The predicted octanol–water partition coefficient (Wildman–Crippen LogP) is 2.55. The average Bonchev–Trinajstić information content (AvgIpc) is 2.28. The van der Waals surface area contributed by atoms with Crippen molar-refractivity contribution in [1.82, 2.24) is 5.32 Å². The molecule has 0 aliphatic heterocycles. The number of carboxylic acids is 1. The van der Waals surface area contributed by atoms with Gasteiger partial charge in [-0.2, -0.15) is 0 Å². The van der Waals surface area contributed by atoms with Gasteiger partial charge in [0.05, 0.1) is 0 Å². The molecule has 3 nitrogen and oxygen atoms in total. The first kappa shape index (κ1) is 14.6. The fourth-order valence-electron chi connectivity index (χ4n) is 1.63. The van der Waals surface area contributed by atoms with Gasteiger partial charge in [-0.25, -0.2) is 8.78 Å².